The third-order valence-corrected chi connectivity index (χ3v) is 2.88. The second kappa shape index (κ2) is 6.11. The lowest BCUT2D eigenvalue weighted by Gasteiger charge is -2.36. The maximum atomic E-state index is 10.1. The highest BCUT2D eigenvalue weighted by molar-refractivity contribution is 4.80. The van der Waals surface area contributed by atoms with E-state index < -0.39 is 11.4 Å². The first-order valence-corrected chi connectivity index (χ1v) is 6.07. The lowest BCUT2D eigenvalue weighted by atomic mass is 10.0. The van der Waals surface area contributed by atoms with E-state index >= 15 is 0 Å². The summed E-state index contributed by atoms with van der Waals surface area (Å²) in [7, 11) is 1.63. The Morgan fingerprint density at radius 1 is 1.41 bits per heavy atom. The van der Waals surface area contributed by atoms with Crippen LogP contribution in [0.1, 0.15) is 27.2 Å². The molecule has 0 saturated carbocycles. The fraction of sp³-hybridized carbons (Fsp3) is 1.00. The molecule has 1 aliphatic heterocycles. The number of methoxy groups -OCH3 is 1. The van der Waals surface area contributed by atoms with Crippen LogP contribution in [0, 0.1) is 0 Å². The highest BCUT2D eigenvalue weighted by Gasteiger charge is 2.29. The van der Waals surface area contributed by atoms with Crippen molar-refractivity contribution >= 4 is 0 Å². The Labute approximate surface area is 103 Å². The zero-order valence-electron chi connectivity index (χ0n) is 11.3. The molecule has 102 valence electrons. The largest absolute Gasteiger partial charge is 0.389 e. The number of rotatable bonds is 6. The van der Waals surface area contributed by atoms with Crippen molar-refractivity contribution in [1.29, 1.82) is 0 Å². The normalized spacial score (nSPS) is 24.5. The number of ether oxygens (including phenoxy) is 3. The molecule has 5 heteroatoms. The second-order valence-electron chi connectivity index (χ2n) is 5.34. The molecular weight excluding hydrogens is 222 g/mol. The van der Waals surface area contributed by atoms with Gasteiger partial charge in [-0.05, 0) is 20.8 Å². The van der Waals surface area contributed by atoms with Crippen molar-refractivity contribution in [1.82, 2.24) is 5.32 Å². The molecule has 2 N–H and O–H groups in total. The SMILES string of the molecule is COCCC(C)(O)CNC1COC(C)(C)OC1. The average Bonchev–Trinajstić information content (AvgIpc) is 2.25. The first-order valence-electron chi connectivity index (χ1n) is 6.07. The van der Waals surface area contributed by atoms with Crippen molar-refractivity contribution in [2.75, 3.05) is 33.5 Å². The molecule has 1 unspecified atom stereocenters. The molecule has 17 heavy (non-hydrogen) atoms. The van der Waals surface area contributed by atoms with Crippen molar-refractivity contribution in [3.05, 3.63) is 0 Å². The Kier molecular flexibility index (Phi) is 5.34. The van der Waals surface area contributed by atoms with Gasteiger partial charge in [-0.15, -0.1) is 0 Å². The van der Waals surface area contributed by atoms with E-state index in [1.165, 1.54) is 0 Å². The highest BCUT2D eigenvalue weighted by Crippen LogP contribution is 2.17. The number of hydrogen-bond donors (Lipinski definition) is 2. The van der Waals surface area contributed by atoms with Crippen LogP contribution in [-0.4, -0.2) is 56.0 Å². The van der Waals surface area contributed by atoms with Crippen LogP contribution in [0.2, 0.25) is 0 Å². The van der Waals surface area contributed by atoms with Gasteiger partial charge < -0.3 is 24.6 Å². The summed E-state index contributed by atoms with van der Waals surface area (Å²) in [5.41, 5.74) is -0.761. The van der Waals surface area contributed by atoms with E-state index in [2.05, 4.69) is 5.32 Å². The summed E-state index contributed by atoms with van der Waals surface area (Å²) >= 11 is 0. The van der Waals surface area contributed by atoms with E-state index in [9.17, 15) is 5.11 Å². The van der Waals surface area contributed by atoms with Crippen LogP contribution in [-0.2, 0) is 14.2 Å². The zero-order chi connectivity index (χ0) is 12.9. The van der Waals surface area contributed by atoms with Gasteiger partial charge in [-0.3, -0.25) is 0 Å². The third kappa shape index (κ3) is 5.79. The van der Waals surface area contributed by atoms with Crippen molar-refractivity contribution in [2.45, 2.75) is 44.6 Å². The minimum atomic E-state index is -0.761. The monoisotopic (exact) mass is 247 g/mol. The van der Waals surface area contributed by atoms with Gasteiger partial charge in [0.25, 0.3) is 0 Å². The summed E-state index contributed by atoms with van der Waals surface area (Å²) in [6, 6.07) is 0.136. The maximum Gasteiger partial charge on any atom is 0.162 e. The lowest BCUT2D eigenvalue weighted by Crippen LogP contribution is -2.52. The lowest BCUT2D eigenvalue weighted by molar-refractivity contribution is -0.253. The van der Waals surface area contributed by atoms with Crippen LogP contribution in [0.3, 0.4) is 0 Å². The van der Waals surface area contributed by atoms with E-state index in [4.69, 9.17) is 14.2 Å². The molecule has 1 atom stereocenters. The van der Waals surface area contributed by atoms with E-state index in [1.807, 2.05) is 13.8 Å². The summed E-state index contributed by atoms with van der Waals surface area (Å²) < 4.78 is 16.0. The topological polar surface area (TPSA) is 60.0 Å². The van der Waals surface area contributed by atoms with Gasteiger partial charge in [0.2, 0.25) is 0 Å². The van der Waals surface area contributed by atoms with Crippen molar-refractivity contribution in [3.63, 3.8) is 0 Å². The van der Waals surface area contributed by atoms with E-state index in [1.54, 1.807) is 14.0 Å². The first-order chi connectivity index (χ1) is 7.85. The minimum Gasteiger partial charge on any atom is -0.389 e. The Hall–Kier alpha value is -0.200. The maximum absolute atomic E-state index is 10.1. The van der Waals surface area contributed by atoms with Gasteiger partial charge in [0.05, 0.1) is 24.9 Å². The van der Waals surface area contributed by atoms with Crippen LogP contribution >= 0.6 is 0 Å². The van der Waals surface area contributed by atoms with Crippen molar-refractivity contribution in [3.8, 4) is 0 Å². The molecule has 0 aliphatic carbocycles. The van der Waals surface area contributed by atoms with Gasteiger partial charge in [0.1, 0.15) is 0 Å². The summed E-state index contributed by atoms with van der Waals surface area (Å²) in [5.74, 6) is -0.489. The van der Waals surface area contributed by atoms with E-state index in [-0.39, 0.29) is 6.04 Å². The predicted molar refractivity (Wildman–Crippen MR) is 64.9 cm³/mol. The van der Waals surface area contributed by atoms with Crippen LogP contribution in [0.25, 0.3) is 0 Å². The van der Waals surface area contributed by atoms with E-state index in [0.717, 1.165) is 0 Å². The van der Waals surface area contributed by atoms with Gasteiger partial charge in [-0.1, -0.05) is 0 Å². The Balaban J connectivity index is 2.22. The molecule has 0 radical (unpaired) electrons. The Morgan fingerprint density at radius 2 is 2.00 bits per heavy atom. The fourth-order valence-electron chi connectivity index (χ4n) is 1.58. The molecule has 1 rings (SSSR count). The molecule has 0 amide bonds. The number of hydrogen-bond acceptors (Lipinski definition) is 5. The van der Waals surface area contributed by atoms with Crippen LogP contribution in [0.4, 0.5) is 0 Å². The average molecular weight is 247 g/mol. The van der Waals surface area contributed by atoms with Gasteiger partial charge >= 0.3 is 0 Å². The molecule has 0 spiro atoms. The number of nitrogens with one attached hydrogen (secondary N) is 1. The molecule has 0 aromatic carbocycles. The van der Waals surface area contributed by atoms with Crippen LogP contribution in [0.5, 0.6) is 0 Å². The molecule has 0 aromatic rings. The summed E-state index contributed by atoms with van der Waals surface area (Å²) in [6.45, 7) is 7.87. The quantitative estimate of drug-likeness (QED) is 0.716. The van der Waals surface area contributed by atoms with Gasteiger partial charge in [-0.2, -0.15) is 0 Å². The summed E-state index contributed by atoms with van der Waals surface area (Å²) in [5, 5.41) is 13.3. The zero-order valence-corrected chi connectivity index (χ0v) is 11.3. The number of aliphatic hydroxyl groups is 1. The van der Waals surface area contributed by atoms with Gasteiger partial charge in [-0.25, -0.2) is 0 Å². The molecule has 1 fully saturated rings. The summed E-state index contributed by atoms with van der Waals surface area (Å²) in [6.07, 6.45) is 0.608. The molecule has 0 bridgehead atoms. The van der Waals surface area contributed by atoms with Crippen LogP contribution < -0.4 is 5.32 Å². The molecule has 1 saturated heterocycles. The van der Waals surface area contributed by atoms with Gasteiger partial charge in [0.15, 0.2) is 5.79 Å². The molecule has 1 aliphatic rings. The smallest absolute Gasteiger partial charge is 0.162 e. The molecular formula is C12H25NO4. The predicted octanol–water partition coefficient (Wildman–Crippen LogP) is 0.515. The fourth-order valence-corrected chi connectivity index (χ4v) is 1.58. The third-order valence-electron chi connectivity index (χ3n) is 2.88. The minimum absolute atomic E-state index is 0.136. The summed E-state index contributed by atoms with van der Waals surface area (Å²) in [4.78, 5) is 0. The molecule has 5 nitrogen and oxygen atoms in total. The van der Waals surface area contributed by atoms with Gasteiger partial charge in [0, 0.05) is 26.7 Å². The molecule has 1 heterocycles. The van der Waals surface area contributed by atoms with E-state index in [0.29, 0.717) is 32.8 Å². The highest BCUT2D eigenvalue weighted by atomic mass is 16.7. The Morgan fingerprint density at radius 3 is 2.53 bits per heavy atom. The Bertz CT molecular complexity index is 221. The standard InChI is InChI=1S/C12H25NO4/c1-11(2)16-7-10(8-17-11)13-9-12(3,14)5-6-15-4/h10,13-14H,5-9H2,1-4H3. The first kappa shape index (κ1) is 14.9. The van der Waals surface area contributed by atoms with Crippen molar-refractivity contribution < 1.29 is 19.3 Å². The van der Waals surface area contributed by atoms with Crippen LogP contribution in [0.15, 0.2) is 0 Å². The van der Waals surface area contributed by atoms with Crippen molar-refractivity contribution in [2.24, 2.45) is 0 Å². The molecule has 0 aromatic heterocycles. The second-order valence-corrected chi connectivity index (χ2v) is 5.34.